The zero-order valence-corrected chi connectivity index (χ0v) is 52.9. The number of nitrogens with one attached hydrogen (secondary N) is 2. The van der Waals surface area contributed by atoms with Crippen LogP contribution in [0.5, 0.6) is 0 Å². The van der Waals surface area contributed by atoms with Crippen molar-refractivity contribution in [3.63, 3.8) is 0 Å². The van der Waals surface area contributed by atoms with Gasteiger partial charge in [0.15, 0.2) is 0 Å². The first kappa shape index (κ1) is 64.3. The lowest BCUT2D eigenvalue weighted by Gasteiger charge is -2.29. The predicted octanol–water partition coefficient (Wildman–Crippen LogP) is 8.86. The minimum atomic E-state index is -0.927. The number of rotatable bonds is 24. The highest BCUT2D eigenvalue weighted by Crippen LogP contribution is 2.46. The van der Waals surface area contributed by atoms with E-state index in [1.807, 2.05) is 127 Å². The number of para-hydroxylation sites is 2. The SMILES string of the molecule is CC(CCN1C(=O)C2=C(C1=O)C1CCCCCCCC2CC1)OCC(C)(C)C(=O)NCCC(=O)N1Cc2ccccc2-c2c(nnn2CCOCCOCCn2nnc3c2-c2ccccc2CN(C(=O)CCNC(=O)C(C)CO)c2ccccc2-3)-c2ccccc21. The van der Waals surface area contributed by atoms with Crippen molar-refractivity contribution in [2.24, 2.45) is 23.2 Å². The first-order valence-electron chi connectivity index (χ1n) is 32.6. The molecular weight excluding hydrogens is 1150 g/mol. The maximum Gasteiger partial charge on any atom is 0.257 e. The number of benzene rings is 4. The molecule has 0 fully saturated rings. The molecule has 0 saturated heterocycles. The van der Waals surface area contributed by atoms with Crippen molar-refractivity contribution >= 4 is 46.8 Å². The van der Waals surface area contributed by atoms with Crippen LogP contribution in [-0.2, 0) is 69.2 Å². The average Bonchev–Trinajstić information content (AvgIpc) is 1.71. The van der Waals surface area contributed by atoms with Crippen molar-refractivity contribution in [1.82, 2.24) is 45.5 Å². The molecule has 11 rings (SSSR count). The number of aromatic nitrogens is 6. The number of carbonyl (C=O) groups excluding carboxylic acids is 6. The Morgan fingerprint density at radius 2 is 1.05 bits per heavy atom. The maximum absolute atomic E-state index is 14.4. The monoisotopic (exact) mass is 1240 g/mol. The minimum Gasteiger partial charge on any atom is -0.396 e. The number of hydrogen-bond donors (Lipinski definition) is 3. The van der Waals surface area contributed by atoms with E-state index in [1.54, 1.807) is 16.7 Å². The molecule has 5 heterocycles. The predicted molar refractivity (Wildman–Crippen MR) is 343 cm³/mol. The van der Waals surface area contributed by atoms with Gasteiger partial charge in [-0.2, -0.15) is 0 Å². The van der Waals surface area contributed by atoms with Crippen molar-refractivity contribution in [2.75, 3.05) is 69.1 Å². The van der Waals surface area contributed by atoms with Gasteiger partial charge in [-0.05, 0) is 88.0 Å². The summed E-state index contributed by atoms with van der Waals surface area (Å²) >= 11 is 0. The Morgan fingerprint density at radius 3 is 1.56 bits per heavy atom. The zero-order chi connectivity index (χ0) is 63.6. The molecule has 21 nitrogen and oxygen atoms in total. The van der Waals surface area contributed by atoms with Gasteiger partial charge in [-0.3, -0.25) is 33.7 Å². The van der Waals surface area contributed by atoms with Crippen LogP contribution in [0.1, 0.15) is 116 Å². The summed E-state index contributed by atoms with van der Waals surface area (Å²) in [6.45, 7) is 10.2. The molecule has 2 aromatic heterocycles. The Labute approximate surface area is 531 Å². The van der Waals surface area contributed by atoms with E-state index in [0.29, 0.717) is 75.2 Å². The van der Waals surface area contributed by atoms with Gasteiger partial charge in [0.05, 0.1) is 106 Å². The van der Waals surface area contributed by atoms with E-state index in [2.05, 4.69) is 26.2 Å². The van der Waals surface area contributed by atoms with E-state index in [-0.39, 0.29) is 106 Å². The second-order valence-corrected chi connectivity index (χ2v) is 25.4. The van der Waals surface area contributed by atoms with Gasteiger partial charge in [0.1, 0.15) is 11.4 Å². The van der Waals surface area contributed by atoms with Gasteiger partial charge in [-0.1, -0.05) is 134 Å². The van der Waals surface area contributed by atoms with Crippen LogP contribution in [0.25, 0.3) is 45.0 Å². The second kappa shape index (κ2) is 29.4. The molecule has 0 spiro atoms. The largest absolute Gasteiger partial charge is 0.396 e. The third-order valence-corrected chi connectivity index (χ3v) is 18.6. The molecule has 5 aliphatic rings. The molecule has 480 valence electrons. The van der Waals surface area contributed by atoms with Crippen LogP contribution in [0.15, 0.2) is 108 Å². The molecule has 0 saturated carbocycles. The Hall–Kier alpha value is -8.24. The smallest absolute Gasteiger partial charge is 0.257 e. The molecular formula is C70H85N11O10. The summed E-state index contributed by atoms with van der Waals surface area (Å²) < 4.78 is 22.2. The topological polar surface area (TPSA) is 246 Å². The van der Waals surface area contributed by atoms with Gasteiger partial charge in [-0.25, -0.2) is 9.36 Å². The lowest BCUT2D eigenvalue weighted by Crippen LogP contribution is -2.42. The molecule has 91 heavy (non-hydrogen) atoms. The first-order valence-corrected chi connectivity index (χ1v) is 32.6. The quantitative estimate of drug-likeness (QED) is 0.0379. The van der Waals surface area contributed by atoms with E-state index in [1.165, 1.54) is 24.2 Å². The molecule has 6 aromatic rings. The number of amides is 6. The fourth-order valence-electron chi connectivity index (χ4n) is 13.4. The number of imide groups is 1. The van der Waals surface area contributed by atoms with E-state index in [0.717, 1.165) is 94.4 Å². The molecule has 6 amide bonds. The van der Waals surface area contributed by atoms with Crippen LogP contribution < -0.4 is 20.4 Å². The van der Waals surface area contributed by atoms with Gasteiger partial charge in [-0.15, -0.1) is 10.2 Å². The van der Waals surface area contributed by atoms with Gasteiger partial charge >= 0.3 is 0 Å². The lowest BCUT2D eigenvalue weighted by molar-refractivity contribution is -0.138. The molecule has 3 N–H and O–H groups in total. The highest BCUT2D eigenvalue weighted by Gasteiger charge is 2.46. The summed E-state index contributed by atoms with van der Waals surface area (Å²) in [4.78, 5) is 87.0. The average molecular weight is 1240 g/mol. The Balaban J connectivity index is 0.656. The summed E-state index contributed by atoms with van der Waals surface area (Å²) in [6.07, 6.45) is 9.95. The fraction of sp³-hybridized carbons (Fsp3) is 0.486. The third-order valence-electron chi connectivity index (χ3n) is 18.6. The number of carbonyl (C=O) groups is 6. The normalized spacial score (nSPS) is 17.8. The number of aliphatic hydroxyl groups is 1. The van der Waals surface area contributed by atoms with Crippen molar-refractivity contribution in [3.05, 3.63) is 119 Å². The summed E-state index contributed by atoms with van der Waals surface area (Å²) in [5.41, 5.74) is 10.0. The molecule has 4 aromatic carbocycles. The third kappa shape index (κ3) is 14.3. The van der Waals surface area contributed by atoms with Gasteiger partial charge in [0.25, 0.3) is 11.8 Å². The highest BCUT2D eigenvalue weighted by molar-refractivity contribution is 6.20. The number of aliphatic hydroxyl groups excluding tert-OH is 1. The zero-order valence-electron chi connectivity index (χ0n) is 52.9. The molecule has 4 atom stereocenters. The summed E-state index contributed by atoms with van der Waals surface area (Å²) in [6, 6.07) is 31.1. The lowest BCUT2D eigenvalue weighted by atomic mass is 9.74. The van der Waals surface area contributed by atoms with E-state index in [9.17, 15) is 33.9 Å². The molecule has 3 aliphatic heterocycles. The Morgan fingerprint density at radius 1 is 0.593 bits per heavy atom. The van der Waals surface area contributed by atoms with E-state index < -0.39 is 11.3 Å². The van der Waals surface area contributed by atoms with Crippen molar-refractivity contribution in [3.8, 4) is 45.0 Å². The van der Waals surface area contributed by atoms with Crippen LogP contribution in [0, 0.1) is 23.2 Å². The van der Waals surface area contributed by atoms with Crippen LogP contribution >= 0.6 is 0 Å². The van der Waals surface area contributed by atoms with Crippen LogP contribution in [0.4, 0.5) is 11.4 Å². The molecule has 0 radical (unpaired) electrons. The van der Waals surface area contributed by atoms with E-state index in [4.69, 9.17) is 19.3 Å². The van der Waals surface area contributed by atoms with Gasteiger partial charge in [0.2, 0.25) is 23.6 Å². The molecule has 21 heteroatoms. The van der Waals surface area contributed by atoms with Gasteiger partial charge < -0.3 is 39.8 Å². The second-order valence-electron chi connectivity index (χ2n) is 25.4. The number of fused-ring (bicyclic) bond motifs is 10. The summed E-state index contributed by atoms with van der Waals surface area (Å²) in [7, 11) is 0. The highest BCUT2D eigenvalue weighted by atomic mass is 16.5. The van der Waals surface area contributed by atoms with Crippen LogP contribution in [-0.4, -0.2) is 141 Å². The Bertz CT molecular complexity index is 3630. The first-order chi connectivity index (χ1) is 44.2. The number of ether oxygens (including phenoxy) is 3. The summed E-state index contributed by atoms with van der Waals surface area (Å²) in [5, 5.41) is 33.8. The van der Waals surface area contributed by atoms with Crippen LogP contribution in [0.3, 0.4) is 0 Å². The number of hydrogen-bond acceptors (Lipinski definition) is 14. The Kier molecular flexibility index (Phi) is 20.7. The minimum absolute atomic E-state index is 0.0442. The number of anilines is 2. The van der Waals surface area contributed by atoms with Crippen molar-refractivity contribution in [2.45, 2.75) is 137 Å². The molecule has 2 aliphatic carbocycles. The van der Waals surface area contributed by atoms with Crippen LogP contribution in [0.2, 0.25) is 0 Å². The maximum atomic E-state index is 14.4. The van der Waals surface area contributed by atoms with Crippen molar-refractivity contribution in [1.29, 1.82) is 0 Å². The standard InChI is InChI=1S/C70H85N11O10/c1-46(44-82)66(85)71-33-30-58(83)78-42-50-20-10-12-22-52(50)64-62(54-24-14-16-26-56(54)78)73-75-80(64)36-38-89-40-41-90-39-37-81-65-53-23-13-11-21-51(53)43-79(57-27-17-15-25-55(57)63(65)74-76-81)59(84)31-34-72-69(88)70(3,4)45-91-47(2)32-35-77-67(86)60-48-18-8-6-5-7-9-19-49(29-28-48)61(60)68(77)87/h10-17,20-27,46-49,82H,5-9,18-19,28-45H2,1-4H3,(H,71,85)(H,72,88). The summed E-state index contributed by atoms with van der Waals surface area (Å²) in [5.74, 6) is -1.34. The molecule has 4 unspecified atom stereocenters. The van der Waals surface area contributed by atoms with Gasteiger partial charge in [0, 0.05) is 65.9 Å². The molecule has 2 bridgehead atoms. The van der Waals surface area contributed by atoms with Crippen molar-refractivity contribution < 1.29 is 48.1 Å². The number of nitrogens with zero attached hydrogens (tertiary/aromatic N) is 9. The van der Waals surface area contributed by atoms with E-state index >= 15 is 0 Å². The fourth-order valence-corrected chi connectivity index (χ4v) is 13.4.